The number of carbonyl (C=O) groups excluding carboxylic acids is 4. The van der Waals surface area contributed by atoms with Gasteiger partial charge in [-0.25, -0.2) is 0 Å². The molecule has 2 aromatic carbocycles. The van der Waals surface area contributed by atoms with Crippen LogP contribution in [0.2, 0.25) is 0 Å². The molecule has 2 unspecified atom stereocenters. The quantitative estimate of drug-likeness (QED) is 0.650. The van der Waals surface area contributed by atoms with E-state index in [4.69, 9.17) is 5.73 Å². The number of likely N-dealkylation sites (tertiary alicyclic amines) is 2. The van der Waals surface area contributed by atoms with Crippen molar-refractivity contribution < 1.29 is 19.2 Å². The molecule has 0 spiro atoms. The van der Waals surface area contributed by atoms with Crippen LogP contribution in [0, 0.1) is 0 Å². The van der Waals surface area contributed by atoms with Gasteiger partial charge in [-0.15, -0.1) is 0 Å². The van der Waals surface area contributed by atoms with Gasteiger partial charge in [-0.05, 0) is 24.1 Å². The first kappa shape index (κ1) is 22.1. The first-order valence-corrected chi connectivity index (χ1v) is 11.8. The van der Waals surface area contributed by atoms with E-state index in [1.54, 1.807) is 34.9 Å². The highest BCUT2D eigenvalue weighted by molar-refractivity contribution is 7.98. The topological polar surface area (TPSA) is 101 Å². The summed E-state index contributed by atoms with van der Waals surface area (Å²) in [6.07, 6.45) is 0.899. The van der Waals surface area contributed by atoms with Crippen LogP contribution >= 0.6 is 11.8 Å². The predicted molar refractivity (Wildman–Crippen MR) is 122 cm³/mol. The largest absolute Gasteiger partial charge is 0.366 e. The van der Waals surface area contributed by atoms with E-state index in [-0.39, 0.29) is 35.4 Å². The van der Waals surface area contributed by atoms with E-state index in [0.29, 0.717) is 25.1 Å². The fourth-order valence-electron chi connectivity index (χ4n) is 4.48. The Hall–Kier alpha value is -3.13. The summed E-state index contributed by atoms with van der Waals surface area (Å²) in [5.41, 5.74) is 6.95. The molecule has 8 heteroatoms. The molecule has 0 aromatic heterocycles. The number of carbonyl (C=O) groups is 4. The molecule has 2 saturated heterocycles. The van der Waals surface area contributed by atoms with Crippen molar-refractivity contribution in [2.45, 2.75) is 30.7 Å². The van der Waals surface area contributed by atoms with E-state index in [9.17, 15) is 19.2 Å². The molecule has 166 valence electrons. The maximum atomic E-state index is 13.1. The Labute approximate surface area is 190 Å². The molecule has 3 amide bonds. The lowest BCUT2D eigenvalue weighted by atomic mass is 10.0. The van der Waals surface area contributed by atoms with Crippen molar-refractivity contribution in [2.75, 3.05) is 18.8 Å². The number of benzene rings is 2. The normalized spacial score (nSPS) is 19.8. The summed E-state index contributed by atoms with van der Waals surface area (Å²) in [7, 11) is 0. The number of rotatable bonds is 7. The summed E-state index contributed by atoms with van der Waals surface area (Å²) in [5, 5.41) is 0. The van der Waals surface area contributed by atoms with Gasteiger partial charge in [0, 0.05) is 24.5 Å². The summed E-state index contributed by atoms with van der Waals surface area (Å²) in [5.74, 6) is 0.228. The van der Waals surface area contributed by atoms with Crippen LogP contribution in [0.5, 0.6) is 0 Å². The average molecular weight is 452 g/mol. The van der Waals surface area contributed by atoms with Crippen LogP contribution in [0.1, 0.15) is 39.1 Å². The van der Waals surface area contributed by atoms with Crippen LogP contribution < -0.4 is 5.73 Å². The van der Waals surface area contributed by atoms with Crippen LogP contribution in [0.3, 0.4) is 0 Å². The molecule has 0 aliphatic carbocycles. The molecular formula is C24H25N3O4S. The number of nitrogens with zero attached hydrogens (tertiary/aromatic N) is 2. The maximum Gasteiger partial charge on any atom is 0.255 e. The second kappa shape index (κ2) is 9.56. The second-order valence-corrected chi connectivity index (χ2v) is 9.09. The van der Waals surface area contributed by atoms with Crippen molar-refractivity contribution >= 4 is 35.3 Å². The van der Waals surface area contributed by atoms with Gasteiger partial charge in [-0.3, -0.25) is 19.2 Å². The van der Waals surface area contributed by atoms with E-state index in [1.807, 2.05) is 18.2 Å². The number of hydrogen-bond acceptors (Lipinski definition) is 5. The number of ketones is 1. The van der Waals surface area contributed by atoms with Crippen LogP contribution in [-0.2, 0) is 15.3 Å². The molecule has 7 nitrogen and oxygen atoms in total. The van der Waals surface area contributed by atoms with Crippen molar-refractivity contribution in [1.82, 2.24) is 9.80 Å². The monoisotopic (exact) mass is 451 g/mol. The first-order valence-electron chi connectivity index (χ1n) is 10.6. The molecule has 2 N–H and O–H groups in total. The van der Waals surface area contributed by atoms with Crippen molar-refractivity contribution in [2.24, 2.45) is 5.73 Å². The zero-order valence-electron chi connectivity index (χ0n) is 17.6. The third kappa shape index (κ3) is 4.41. The summed E-state index contributed by atoms with van der Waals surface area (Å²) < 4.78 is 0. The highest BCUT2D eigenvalue weighted by atomic mass is 32.2. The highest BCUT2D eigenvalue weighted by Crippen LogP contribution is 2.32. The molecule has 2 aliphatic heterocycles. The number of fused-ring (bicyclic) bond motifs is 1. The Morgan fingerprint density at radius 2 is 1.66 bits per heavy atom. The van der Waals surface area contributed by atoms with E-state index >= 15 is 0 Å². The van der Waals surface area contributed by atoms with Crippen molar-refractivity contribution in [3.8, 4) is 0 Å². The second-order valence-electron chi connectivity index (χ2n) is 7.99. The first-order chi connectivity index (χ1) is 15.5. The Balaban J connectivity index is 1.38. The van der Waals surface area contributed by atoms with Crippen LogP contribution in [0.4, 0.5) is 0 Å². The molecule has 2 heterocycles. The number of nitrogens with two attached hydrogens (primary N) is 1. The van der Waals surface area contributed by atoms with Crippen LogP contribution in [0.15, 0.2) is 54.6 Å². The summed E-state index contributed by atoms with van der Waals surface area (Å²) in [4.78, 5) is 53.6. The average Bonchev–Trinajstić information content (AvgIpc) is 3.38. The molecule has 4 rings (SSSR count). The zero-order valence-corrected chi connectivity index (χ0v) is 18.4. The molecule has 2 aromatic rings. The Morgan fingerprint density at radius 3 is 2.38 bits per heavy atom. The summed E-state index contributed by atoms with van der Waals surface area (Å²) >= 11 is 1.69. The number of hydrogen-bond donors (Lipinski definition) is 1. The molecule has 2 fully saturated rings. The number of amides is 3. The molecule has 32 heavy (non-hydrogen) atoms. The zero-order chi connectivity index (χ0) is 22.7. The van der Waals surface area contributed by atoms with Gasteiger partial charge in [0.2, 0.25) is 11.8 Å². The van der Waals surface area contributed by atoms with Gasteiger partial charge in [-0.2, -0.15) is 11.8 Å². The van der Waals surface area contributed by atoms with Crippen molar-refractivity contribution in [1.29, 1.82) is 0 Å². The fourth-order valence-corrected chi connectivity index (χ4v) is 5.37. The predicted octanol–water partition coefficient (Wildman–Crippen LogP) is 2.10. The third-order valence-corrected chi connectivity index (χ3v) is 7.03. The van der Waals surface area contributed by atoms with Crippen LogP contribution in [-0.4, -0.2) is 64.2 Å². The van der Waals surface area contributed by atoms with E-state index in [2.05, 4.69) is 12.1 Å². The van der Waals surface area contributed by atoms with Crippen LogP contribution in [0.25, 0.3) is 0 Å². The van der Waals surface area contributed by atoms with Gasteiger partial charge < -0.3 is 15.5 Å². The van der Waals surface area contributed by atoms with Gasteiger partial charge >= 0.3 is 0 Å². The molecule has 2 atom stereocenters. The Bertz CT molecular complexity index is 1040. The van der Waals surface area contributed by atoms with Gasteiger partial charge in [0.05, 0.1) is 23.7 Å². The molecular weight excluding hydrogens is 426 g/mol. The number of Topliss-reactive ketones (excluding diaryl/α,β-unsaturated/α-hetero) is 1. The maximum absolute atomic E-state index is 13.1. The van der Waals surface area contributed by atoms with E-state index in [0.717, 1.165) is 5.75 Å². The van der Waals surface area contributed by atoms with Crippen molar-refractivity contribution in [3.05, 3.63) is 71.3 Å². The third-order valence-electron chi connectivity index (χ3n) is 6.00. The smallest absolute Gasteiger partial charge is 0.255 e. The van der Waals surface area contributed by atoms with Gasteiger partial charge in [0.15, 0.2) is 5.78 Å². The lowest BCUT2D eigenvalue weighted by molar-refractivity contribution is -0.136. The Morgan fingerprint density at radius 1 is 0.969 bits per heavy atom. The number of thioether (sulfide) groups is 1. The summed E-state index contributed by atoms with van der Waals surface area (Å²) in [6, 6.07) is 15.4. The Kier molecular flexibility index (Phi) is 6.60. The summed E-state index contributed by atoms with van der Waals surface area (Å²) in [6.45, 7) is 0.387. The SMILES string of the molecule is NC(=O)c1ccccc1C(=O)N1CC(=O)C2C1CCN2C(=O)CCSCc1ccccc1. The molecule has 0 radical (unpaired) electrons. The lowest BCUT2D eigenvalue weighted by Gasteiger charge is -2.25. The highest BCUT2D eigenvalue weighted by Gasteiger charge is 2.51. The molecule has 0 bridgehead atoms. The minimum Gasteiger partial charge on any atom is -0.366 e. The van der Waals surface area contributed by atoms with Crippen molar-refractivity contribution in [3.63, 3.8) is 0 Å². The lowest BCUT2D eigenvalue weighted by Crippen LogP contribution is -2.43. The fraction of sp³-hybridized carbons (Fsp3) is 0.333. The standard InChI is InChI=1S/C24H25N3O4S/c25-23(30)17-8-4-5-9-18(17)24(31)27-14-20(28)22-19(27)10-12-26(22)21(29)11-13-32-15-16-6-2-1-3-7-16/h1-9,19,22H,10-15H2,(H2,25,30). The minimum atomic E-state index is -0.688. The van der Waals surface area contributed by atoms with Gasteiger partial charge in [0.1, 0.15) is 6.04 Å². The van der Waals surface area contributed by atoms with E-state index in [1.165, 1.54) is 16.5 Å². The van der Waals surface area contributed by atoms with Gasteiger partial charge in [-0.1, -0.05) is 42.5 Å². The van der Waals surface area contributed by atoms with E-state index < -0.39 is 17.9 Å². The molecule has 0 saturated carbocycles. The number of primary amides is 1. The van der Waals surface area contributed by atoms with Gasteiger partial charge in [0.25, 0.3) is 5.91 Å². The minimum absolute atomic E-state index is 0.0572. The molecule has 2 aliphatic rings.